The second-order valence-corrected chi connectivity index (χ2v) is 9.82. The number of phosphoric ester groups is 1. The topological polar surface area (TPSA) is 197 Å². The van der Waals surface area contributed by atoms with Crippen LogP contribution in [0.1, 0.15) is 12.5 Å². The molecule has 0 bridgehead atoms. The molecule has 1 amide bonds. The molecule has 216 valence electrons. The van der Waals surface area contributed by atoms with Crippen molar-refractivity contribution in [3.63, 3.8) is 0 Å². The number of pyridine rings is 2. The van der Waals surface area contributed by atoms with Crippen molar-refractivity contribution in [3.05, 3.63) is 81.4 Å². The van der Waals surface area contributed by atoms with E-state index >= 15 is 0 Å². The zero-order valence-electron chi connectivity index (χ0n) is 23.0. The second kappa shape index (κ2) is 13.7. The van der Waals surface area contributed by atoms with E-state index in [1.54, 1.807) is 0 Å². The molecule has 5 aromatic rings. The first-order valence-corrected chi connectivity index (χ1v) is 13.1. The Kier molecular flexibility index (Phi) is 11.1. The van der Waals surface area contributed by atoms with Crippen LogP contribution in [0.3, 0.4) is 0 Å². The quantitative estimate of drug-likeness (QED) is 0.106. The molecule has 0 spiro atoms. The molecule has 0 aliphatic heterocycles. The zero-order chi connectivity index (χ0) is 30.4. The minimum atomic E-state index is -5.66. The van der Waals surface area contributed by atoms with Crippen molar-refractivity contribution in [2.75, 3.05) is 5.32 Å². The summed E-state index contributed by atoms with van der Waals surface area (Å²) in [4.78, 5) is 76.9. The van der Waals surface area contributed by atoms with Crippen LogP contribution in [0, 0.1) is 0 Å². The molecule has 44 heavy (non-hydrogen) atoms. The molecule has 0 atom stereocenters. The number of phosphoric acid groups is 1. The van der Waals surface area contributed by atoms with Crippen molar-refractivity contribution >= 4 is 41.6 Å². The van der Waals surface area contributed by atoms with Crippen LogP contribution in [0.15, 0.2) is 64.6 Å². The predicted molar refractivity (Wildman–Crippen MR) is 136 cm³/mol. The van der Waals surface area contributed by atoms with Gasteiger partial charge in [-0.15, -0.1) is 0 Å². The summed E-state index contributed by atoms with van der Waals surface area (Å²) in [6.07, 6.45) is -1.11. The first-order valence-electron chi connectivity index (χ1n) is 11.6. The summed E-state index contributed by atoms with van der Waals surface area (Å²) in [5.41, 5.74) is -3.60. The Hall–Kier alpha value is -2.83. The molecule has 5 rings (SSSR count). The summed E-state index contributed by atoms with van der Waals surface area (Å²) < 4.78 is 56.8. The number of alkyl halides is 3. The molecule has 1 aromatic carbocycles. The van der Waals surface area contributed by atoms with Gasteiger partial charge in [0.2, 0.25) is 11.9 Å². The van der Waals surface area contributed by atoms with Gasteiger partial charge in [0.1, 0.15) is 12.2 Å². The first-order chi connectivity index (χ1) is 19.7. The second-order valence-electron chi connectivity index (χ2n) is 8.67. The maximum atomic E-state index is 13.6. The van der Waals surface area contributed by atoms with Crippen molar-refractivity contribution in [1.82, 2.24) is 29.1 Å². The summed E-state index contributed by atoms with van der Waals surface area (Å²) >= 11 is 0. The number of hydrogen-bond donors (Lipinski definition) is 1. The first kappa shape index (κ1) is 35.6. The third kappa shape index (κ3) is 7.51. The number of anilines is 1. The van der Waals surface area contributed by atoms with Crippen LogP contribution in [0.4, 0.5) is 19.1 Å². The van der Waals surface area contributed by atoms with Crippen molar-refractivity contribution in [1.29, 1.82) is 0 Å². The van der Waals surface area contributed by atoms with Crippen molar-refractivity contribution in [3.8, 4) is 16.9 Å². The number of benzene rings is 1. The van der Waals surface area contributed by atoms with Crippen LogP contribution in [0.5, 0.6) is 0 Å². The fraction of sp³-hybridized carbons (Fsp3) is 0.125. The van der Waals surface area contributed by atoms with Crippen molar-refractivity contribution < 1.29 is 96.0 Å². The summed E-state index contributed by atoms with van der Waals surface area (Å²) in [7, 11) is -5.66. The number of fused-ring (bicyclic) bond motifs is 3. The normalized spacial score (nSPS) is 11.6. The largest absolute Gasteiger partial charge is 1.00 e. The van der Waals surface area contributed by atoms with E-state index in [1.807, 2.05) is 0 Å². The molecule has 0 aliphatic rings. The van der Waals surface area contributed by atoms with E-state index in [9.17, 15) is 41.9 Å². The fourth-order valence-corrected chi connectivity index (χ4v) is 4.29. The van der Waals surface area contributed by atoms with Crippen LogP contribution in [-0.2, 0) is 26.8 Å². The molecule has 4 aromatic heterocycles. The van der Waals surface area contributed by atoms with Crippen LogP contribution in [0.2, 0.25) is 0 Å². The molecule has 0 saturated heterocycles. The van der Waals surface area contributed by atoms with Gasteiger partial charge in [0.05, 0.1) is 41.2 Å². The van der Waals surface area contributed by atoms with Gasteiger partial charge in [-0.2, -0.15) is 13.2 Å². The number of carbonyl (C=O) groups excluding carboxylic acids is 1. The predicted octanol–water partition coefficient (Wildman–Crippen LogP) is -4.66. The SMILES string of the molecule is CC(=O)Nc1ncc(-c2ccc3ncc4c(=O)n(COP(=O)([O-])[O-])c(=O)n(-c5cccc(C(F)(F)F)c5)c4c3n2)cn1.[Na+].[Na+]. The number of nitrogens with one attached hydrogen (secondary N) is 1. The van der Waals surface area contributed by atoms with E-state index < -0.39 is 43.4 Å². The zero-order valence-corrected chi connectivity index (χ0v) is 27.9. The van der Waals surface area contributed by atoms with E-state index in [0.717, 1.165) is 24.4 Å². The smallest absolute Gasteiger partial charge is 0.790 e. The van der Waals surface area contributed by atoms with Gasteiger partial charge in [-0.05, 0) is 30.3 Å². The van der Waals surface area contributed by atoms with Gasteiger partial charge in [0.15, 0.2) is 0 Å². The minimum absolute atomic E-state index is 0. The third-order valence-electron chi connectivity index (χ3n) is 5.82. The average Bonchev–Trinajstić information content (AvgIpc) is 2.92. The molecular formula is C24H15F3N7Na2O7P. The maximum absolute atomic E-state index is 13.6. The molecule has 14 nitrogen and oxygen atoms in total. The number of carbonyl (C=O) groups is 1. The van der Waals surface area contributed by atoms with Crippen molar-refractivity contribution in [2.24, 2.45) is 0 Å². The Morgan fingerprint density at radius 1 is 1.05 bits per heavy atom. The van der Waals surface area contributed by atoms with Gasteiger partial charge in [-0.3, -0.25) is 24.5 Å². The number of aromatic nitrogens is 6. The number of rotatable bonds is 6. The van der Waals surface area contributed by atoms with Crippen molar-refractivity contribution in [2.45, 2.75) is 19.8 Å². The van der Waals surface area contributed by atoms with E-state index in [0.29, 0.717) is 16.2 Å². The van der Waals surface area contributed by atoms with E-state index in [1.165, 1.54) is 31.5 Å². The fourth-order valence-electron chi connectivity index (χ4n) is 4.03. The summed E-state index contributed by atoms with van der Waals surface area (Å²) in [6, 6.07) is 6.58. The number of amides is 1. The summed E-state index contributed by atoms with van der Waals surface area (Å²) in [5.74, 6) is -0.387. The molecule has 0 fully saturated rings. The molecule has 0 aliphatic carbocycles. The standard InChI is InChI=1S/C24H17F3N7O7P.2Na/c1-12(35)31-22-29-8-13(9-30-22)17-5-6-18-19(32-17)20-16(10-28-18)21(36)33(11-41-42(38,39)40)23(37)34(20)15-4-2-3-14(7-15)24(25,26)27;;/h2-10H,11H2,1H3,(H2,38,39,40)(H,29,30,31,35);;/q;2*+1/p-2. The van der Waals surface area contributed by atoms with Gasteiger partial charge in [0.25, 0.3) is 5.56 Å². The molecule has 4 heterocycles. The van der Waals surface area contributed by atoms with Gasteiger partial charge in [0, 0.05) is 31.1 Å². The monoisotopic (exact) mass is 647 g/mol. The Labute approximate surface area is 288 Å². The van der Waals surface area contributed by atoms with E-state index in [-0.39, 0.29) is 103 Å². The third-order valence-corrected chi connectivity index (χ3v) is 6.25. The summed E-state index contributed by atoms with van der Waals surface area (Å²) in [5, 5.41) is 2.05. The Morgan fingerprint density at radius 3 is 2.34 bits per heavy atom. The number of nitrogens with zero attached hydrogens (tertiary/aromatic N) is 6. The van der Waals surface area contributed by atoms with Gasteiger partial charge < -0.3 is 18.9 Å². The molecule has 20 heteroatoms. The molecular weight excluding hydrogens is 632 g/mol. The minimum Gasteiger partial charge on any atom is -0.790 e. The van der Waals surface area contributed by atoms with Gasteiger partial charge >= 0.3 is 71.0 Å². The van der Waals surface area contributed by atoms with E-state index in [4.69, 9.17) is 0 Å². The van der Waals surface area contributed by atoms with Crippen LogP contribution in [-0.4, -0.2) is 35.0 Å². The van der Waals surface area contributed by atoms with Crippen LogP contribution >= 0.6 is 7.82 Å². The van der Waals surface area contributed by atoms with Gasteiger partial charge in [-0.25, -0.2) is 24.3 Å². The molecule has 0 saturated carbocycles. The van der Waals surface area contributed by atoms with Crippen LogP contribution in [0.25, 0.3) is 38.9 Å². The Morgan fingerprint density at radius 2 is 1.73 bits per heavy atom. The summed E-state index contributed by atoms with van der Waals surface area (Å²) in [6.45, 7) is -0.0648. The Bertz CT molecular complexity index is 2050. The van der Waals surface area contributed by atoms with Gasteiger partial charge in [-0.1, -0.05) is 6.07 Å². The Balaban J connectivity index is 0.00000264. The molecule has 0 radical (unpaired) electrons. The molecule has 1 N–H and O–H groups in total. The van der Waals surface area contributed by atoms with Crippen LogP contribution < -0.4 is 85.5 Å². The van der Waals surface area contributed by atoms with E-state index in [2.05, 4.69) is 29.8 Å². The number of halogens is 3. The number of hydrogen-bond acceptors (Lipinski definition) is 11. The average molecular weight is 647 g/mol. The maximum Gasteiger partial charge on any atom is 1.00 e. The molecule has 0 unspecified atom stereocenters.